The zero-order chi connectivity index (χ0) is 17.0. The summed E-state index contributed by atoms with van der Waals surface area (Å²) in [5, 5.41) is 0. The lowest BCUT2D eigenvalue weighted by Crippen LogP contribution is -2.30. The van der Waals surface area contributed by atoms with E-state index >= 15 is 0 Å². The first-order chi connectivity index (χ1) is 10.9. The van der Waals surface area contributed by atoms with Gasteiger partial charge in [-0.1, -0.05) is 0 Å². The number of nitrogens with zero attached hydrogens (tertiary/aromatic N) is 2. The van der Waals surface area contributed by atoms with Gasteiger partial charge >= 0.3 is 0 Å². The lowest BCUT2D eigenvalue weighted by molar-refractivity contribution is 0.0993. The minimum absolute atomic E-state index is 0.115. The van der Waals surface area contributed by atoms with Crippen molar-refractivity contribution in [1.82, 2.24) is 0 Å². The quantitative estimate of drug-likeness (QED) is 0.820. The van der Waals surface area contributed by atoms with Crippen LogP contribution in [0.25, 0.3) is 0 Å². The minimum Gasteiger partial charge on any atom is -0.369 e. The van der Waals surface area contributed by atoms with Gasteiger partial charge in [-0.15, -0.1) is 0 Å². The van der Waals surface area contributed by atoms with Crippen LogP contribution in [0.1, 0.15) is 31.1 Å². The van der Waals surface area contributed by atoms with Crippen LogP contribution >= 0.6 is 0 Å². The maximum Gasteiger partial charge on any atom is 0.258 e. The summed E-state index contributed by atoms with van der Waals surface area (Å²) in [5.74, 6) is -0.428. The van der Waals surface area contributed by atoms with Crippen LogP contribution in [0.4, 0.5) is 15.8 Å². The molecule has 0 bridgehead atoms. The molecule has 0 heterocycles. The van der Waals surface area contributed by atoms with Crippen LogP contribution in [0.3, 0.4) is 0 Å². The fourth-order valence-electron chi connectivity index (χ4n) is 2.62. The number of amides is 1. The van der Waals surface area contributed by atoms with Gasteiger partial charge in [0.25, 0.3) is 5.91 Å². The van der Waals surface area contributed by atoms with Gasteiger partial charge in [-0.2, -0.15) is 0 Å². The molecule has 122 valence electrons. The van der Waals surface area contributed by atoms with E-state index in [4.69, 9.17) is 0 Å². The molecule has 0 aliphatic heterocycles. The van der Waals surface area contributed by atoms with Crippen molar-refractivity contribution in [1.29, 1.82) is 0 Å². The maximum atomic E-state index is 13.0. The van der Waals surface area contributed by atoms with E-state index in [0.29, 0.717) is 17.3 Å². The Morgan fingerprint density at radius 2 is 1.52 bits per heavy atom. The number of benzene rings is 2. The third-order valence-electron chi connectivity index (χ3n) is 3.93. The molecule has 1 amide bonds. The summed E-state index contributed by atoms with van der Waals surface area (Å²) >= 11 is 0. The van der Waals surface area contributed by atoms with E-state index in [1.54, 1.807) is 19.2 Å². The van der Waals surface area contributed by atoms with Crippen molar-refractivity contribution in [3.63, 3.8) is 0 Å². The Kier molecular flexibility index (Phi) is 5.37. The maximum absolute atomic E-state index is 13.0. The molecule has 0 radical (unpaired) electrons. The number of hydrogen-bond donors (Lipinski definition) is 0. The fourth-order valence-corrected chi connectivity index (χ4v) is 2.62. The summed E-state index contributed by atoms with van der Waals surface area (Å²) in [6, 6.07) is 13.9. The molecule has 0 spiro atoms. The molecule has 0 saturated heterocycles. The first-order valence-electron chi connectivity index (χ1n) is 7.84. The van der Waals surface area contributed by atoms with E-state index in [2.05, 4.69) is 25.7 Å². The molecule has 0 saturated carbocycles. The molecule has 0 aromatic heterocycles. The molecular weight excluding hydrogens is 291 g/mol. The molecule has 2 aromatic rings. The van der Waals surface area contributed by atoms with Gasteiger partial charge in [0.05, 0.1) is 0 Å². The molecular formula is C19H23FN2O. The van der Waals surface area contributed by atoms with Crippen molar-refractivity contribution in [3.05, 3.63) is 59.9 Å². The van der Waals surface area contributed by atoms with E-state index in [0.717, 1.165) is 12.2 Å². The molecule has 0 fully saturated rings. The molecule has 0 aliphatic rings. The van der Waals surface area contributed by atoms with E-state index in [9.17, 15) is 9.18 Å². The number of hydrogen-bond acceptors (Lipinski definition) is 2. The van der Waals surface area contributed by atoms with Crippen LogP contribution < -0.4 is 9.80 Å². The van der Waals surface area contributed by atoms with Crippen LogP contribution in [0.2, 0.25) is 0 Å². The lowest BCUT2D eigenvalue weighted by Gasteiger charge is -2.27. The molecule has 2 aromatic carbocycles. The largest absolute Gasteiger partial charge is 0.369 e. The molecule has 0 atom stereocenters. The van der Waals surface area contributed by atoms with E-state index in [1.807, 2.05) is 24.3 Å². The zero-order valence-corrected chi connectivity index (χ0v) is 14.1. The fraction of sp³-hybridized carbons (Fsp3) is 0.316. The topological polar surface area (TPSA) is 23.6 Å². The SMILES string of the molecule is CCN(c1ccc(C(=O)N(C)c2ccc(F)cc2)cc1)C(C)C. The Bertz CT molecular complexity index is 650. The van der Waals surface area contributed by atoms with Crippen molar-refractivity contribution >= 4 is 17.3 Å². The first kappa shape index (κ1) is 17.0. The highest BCUT2D eigenvalue weighted by molar-refractivity contribution is 6.05. The smallest absolute Gasteiger partial charge is 0.258 e. The first-order valence-corrected chi connectivity index (χ1v) is 7.84. The van der Waals surface area contributed by atoms with Gasteiger partial charge in [-0.3, -0.25) is 4.79 Å². The van der Waals surface area contributed by atoms with Crippen molar-refractivity contribution in [2.75, 3.05) is 23.4 Å². The molecule has 3 nitrogen and oxygen atoms in total. The Hall–Kier alpha value is -2.36. The Labute approximate surface area is 137 Å². The van der Waals surface area contributed by atoms with Gasteiger partial charge in [0.2, 0.25) is 0 Å². The Morgan fingerprint density at radius 1 is 1.00 bits per heavy atom. The number of rotatable bonds is 5. The second-order valence-electron chi connectivity index (χ2n) is 5.77. The van der Waals surface area contributed by atoms with Gasteiger partial charge < -0.3 is 9.80 Å². The van der Waals surface area contributed by atoms with Gasteiger partial charge in [0.15, 0.2) is 0 Å². The Morgan fingerprint density at radius 3 is 2.00 bits per heavy atom. The molecule has 0 N–H and O–H groups in total. The highest BCUT2D eigenvalue weighted by atomic mass is 19.1. The lowest BCUT2D eigenvalue weighted by atomic mass is 10.1. The monoisotopic (exact) mass is 314 g/mol. The van der Waals surface area contributed by atoms with E-state index in [-0.39, 0.29) is 11.7 Å². The van der Waals surface area contributed by atoms with Crippen LogP contribution in [-0.2, 0) is 0 Å². The summed E-state index contributed by atoms with van der Waals surface area (Å²) in [7, 11) is 1.69. The highest BCUT2D eigenvalue weighted by Crippen LogP contribution is 2.20. The normalized spacial score (nSPS) is 10.7. The van der Waals surface area contributed by atoms with Crippen LogP contribution in [0.5, 0.6) is 0 Å². The van der Waals surface area contributed by atoms with Crippen molar-refractivity contribution in [2.24, 2.45) is 0 Å². The average Bonchev–Trinajstić information content (AvgIpc) is 2.55. The predicted octanol–water partition coefficient (Wildman–Crippen LogP) is 4.34. The van der Waals surface area contributed by atoms with Crippen LogP contribution in [-0.4, -0.2) is 25.5 Å². The minimum atomic E-state index is -0.313. The number of anilines is 2. The van der Waals surface area contributed by atoms with Crippen molar-refractivity contribution < 1.29 is 9.18 Å². The predicted molar refractivity (Wildman–Crippen MR) is 93.7 cm³/mol. The Balaban J connectivity index is 2.18. The second kappa shape index (κ2) is 7.27. The van der Waals surface area contributed by atoms with E-state index in [1.165, 1.54) is 17.0 Å². The van der Waals surface area contributed by atoms with Crippen LogP contribution in [0.15, 0.2) is 48.5 Å². The third-order valence-corrected chi connectivity index (χ3v) is 3.93. The molecule has 2 rings (SSSR count). The second-order valence-corrected chi connectivity index (χ2v) is 5.77. The number of carbonyl (C=O) groups excluding carboxylic acids is 1. The highest BCUT2D eigenvalue weighted by Gasteiger charge is 2.15. The number of halogens is 1. The standard InChI is InChI=1S/C19H23FN2O/c1-5-22(14(2)3)18-10-6-15(7-11-18)19(23)21(4)17-12-8-16(20)9-13-17/h6-14H,5H2,1-4H3. The van der Waals surface area contributed by atoms with Crippen molar-refractivity contribution in [3.8, 4) is 0 Å². The summed E-state index contributed by atoms with van der Waals surface area (Å²) in [5.41, 5.74) is 2.38. The van der Waals surface area contributed by atoms with Crippen molar-refractivity contribution in [2.45, 2.75) is 26.8 Å². The molecule has 4 heteroatoms. The van der Waals surface area contributed by atoms with Crippen LogP contribution in [0, 0.1) is 5.82 Å². The van der Waals surface area contributed by atoms with Gasteiger partial charge in [0, 0.05) is 36.6 Å². The summed E-state index contributed by atoms with van der Waals surface area (Å²) in [4.78, 5) is 16.3. The molecule has 0 unspecified atom stereocenters. The zero-order valence-electron chi connectivity index (χ0n) is 14.1. The van der Waals surface area contributed by atoms with E-state index < -0.39 is 0 Å². The third kappa shape index (κ3) is 3.89. The van der Waals surface area contributed by atoms with Gasteiger partial charge in [0.1, 0.15) is 5.82 Å². The summed E-state index contributed by atoms with van der Waals surface area (Å²) in [6.45, 7) is 7.32. The number of carbonyl (C=O) groups is 1. The van der Waals surface area contributed by atoms with Gasteiger partial charge in [-0.05, 0) is 69.3 Å². The molecule has 0 aliphatic carbocycles. The molecule has 23 heavy (non-hydrogen) atoms. The average molecular weight is 314 g/mol. The van der Waals surface area contributed by atoms with Gasteiger partial charge in [-0.25, -0.2) is 4.39 Å². The summed E-state index contributed by atoms with van der Waals surface area (Å²) in [6.07, 6.45) is 0. The summed E-state index contributed by atoms with van der Waals surface area (Å²) < 4.78 is 13.0.